The minimum absolute atomic E-state index is 0.0738. The molecule has 0 amide bonds. The lowest BCUT2D eigenvalue weighted by molar-refractivity contribution is 0.0688. The van der Waals surface area contributed by atoms with E-state index in [1.807, 2.05) is 6.92 Å². The van der Waals surface area contributed by atoms with E-state index in [0.29, 0.717) is 34.4 Å². The molecular formula is C28H27ClFN5O3. The molecule has 4 aromatic rings. The monoisotopic (exact) mass is 535 g/mol. The summed E-state index contributed by atoms with van der Waals surface area (Å²) in [5, 5.41) is 10.2. The normalized spacial score (nSPS) is 13.6. The lowest BCUT2D eigenvalue weighted by atomic mass is 10.1. The highest BCUT2D eigenvalue weighted by Gasteiger charge is 2.28. The van der Waals surface area contributed by atoms with Crippen LogP contribution in [0.4, 0.5) is 4.39 Å². The Morgan fingerprint density at radius 1 is 1.13 bits per heavy atom. The Balaban J connectivity index is 1.49. The summed E-state index contributed by atoms with van der Waals surface area (Å²) in [6.07, 6.45) is 6.37. The van der Waals surface area contributed by atoms with Gasteiger partial charge in [0.25, 0.3) is 5.56 Å². The number of halogens is 2. The molecule has 0 bridgehead atoms. The smallest absolute Gasteiger partial charge is 0.277 e. The molecule has 1 fully saturated rings. The van der Waals surface area contributed by atoms with Crippen LogP contribution in [0, 0.1) is 19.7 Å². The van der Waals surface area contributed by atoms with Crippen LogP contribution in [0.15, 0.2) is 47.7 Å². The summed E-state index contributed by atoms with van der Waals surface area (Å²) in [5.74, 6) is 0.408. The summed E-state index contributed by atoms with van der Waals surface area (Å²) in [4.78, 5) is 30.7. The van der Waals surface area contributed by atoms with Gasteiger partial charge in [-0.15, -0.1) is 0 Å². The number of pyridine rings is 3. The van der Waals surface area contributed by atoms with Crippen molar-refractivity contribution >= 4 is 11.6 Å². The lowest BCUT2D eigenvalue weighted by Crippen LogP contribution is -2.23. The van der Waals surface area contributed by atoms with Crippen LogP contribution >= 0.6 is 11.6 Å². The van der Waals surface area contributed by atoms with E-state index < -0.39 is 11.2 Å². The van der Waals surface area contributed by atoms with Crippen LogP contribution < -0.4 is 10.3 Å². The van der Waals surface area contributed by atoms with Gasteiger partial charge in [-0.3, -0.25) is 19.3 Å². The molecule has 196 valence electrons. The summed E-state index contributed by atoms with van der Waals surface area (Å²) in [5.41, 5.74) is 2.77. The average molecular weight is 536 g/mol. The largest absolute Gasteiger partial charge is 0.485 e. The zero-order chi connectivity index (χ0) is 27.2. The number of hydrogen-bond acceptors (Lipinski definition) is 7. The Morgan fingerprint density at radius 3 is 2.61 bits per heavy atom. The van der Waals surface area contributed by atoms with Crippen molar-refractivity contribution in [3.63, 3.8) is 0 Å². The molecule has 0 spiro atoms. The Labute approximate surface area is 224 Å². The summed E-state index contributed by atoms with van der Waals surface area (Å²) >= 11 is 6.50. The van der Waals surface area contributed by atoms with E-state index >= 15 is 0 Å². The topological polar surface area (TPSA) is 103 Å². The van der Waals surface area contributed by atoms with Gasteiger partial charge in [-0.1, -0.05) is 11.6 Å². The summed E-state index contributed by atoms with van der Waals surface area (Å²) in [6, 6.07) is 6.64. The molecule has 4 aromatic heterocycles. The van der Waals surface area contributed by atoms with Crippen LogP contribution in [0.1, 0.15) is 60.9 Å². The Kier molecular flexibility index (Phi) is 6.75. The maximum atomic E-state index is 13.7. The van der Waals surface area contributed by atoms with E-state index in [1.54, 1.807) is 51.4 Å². The van der Waals surface area contributed by atoms with Gasteiger partial charge in [-0.25, -0.2) is 14.4 Å². The van der Waals surface area contributed by atoms with Crippen molar-refractivity contribution in [3.8, 4) is 22.8 Å². The van der Waals surface area contributed by atoms with Crippen LogP contribution in [-0.2, 0) is 12.2 Å². The predicted molar refractivity (Wildman–Crippen MR) is 141 cm³/mol. The predicted octanol–water partition coefficient (Wildman–Crippen LogP) is 5.18. The SMILES string of the molecule is Cc1cnc(-c2ccnc(C(C)(C)O)n2)cc1-n1c(C)cc(OCc2ncc(F)cc2C2CC2)c(Cl)c1=O. The van der Waals surface area contributed by atoms with Gasteiger partial charge in [0.2, 0.25) is 0 Å². The van der Waals surface area contributed by atoms with Crippen molar-refractivity contribution in [2.24, 2.45) is 0 Å². The minimum atomic E-state index is -1.22. The molecule has 0 unspecified atom stereocenters. The standard InChI is InChI=1S/C28H27ClFN5O3/c1-15-12-32-21(20-7-8-31-27(34-20)28(3,4)37)11-23(15)35-16(2)9-24(25(29)26(35)36)38-14-22-19(17-5-6-17)10-18(30)13-33-22/h7-13,17,37H,5-6,14H2,1-4H3. The van der Waals surface area contributed by atoms with E-state index in [1.165, 1.54) is 16.8 Å². The molecular weight excluding hydrogens is 509 g/mol. The van der Waals surface area contributed by atoms with E-state index in [9.17, 15) is 14.3 Å². The fourth-order valence-corrected chi connectivity index (χ4v) is 4.47. The highest BCUT2D eigenvalue weighted by atomic mass is 35.5. The van der Waals surface area contributed by atoms with Crippen LogP contribution in [0.5, 0.6) is 5.75 Å². The van der Waals surface area contributed by atoms with Gasteiger partial charge in [0.1, 0.15) is 28.8 Å². The van der Waals surface area contributed by atoms with Gasteiger partial charge in [0.15, 0.2) is 5.82 Å². The van der Waals surface area contributed by atoms with Gasteiger partial charge in [-0.05, 0) is 75.8 Å². The number of aliphatic hydroxyl groups is 1. The van der Waals surface area contributed by atoms with Crippen molar-refractivity contribution in [2.45, 2.75) is 58.7 Å². The van der Waals surface area contributed by atoms with Gasteiger partial charge >= 0.3 is 0 Å². The molecule has 0 aromatic carbocycles. The zero-order valence-corrected chi connectivity index (χ0v) is 22.3. The number of aryl methyl sites for hydroxylation is 2. The number of ether oxygens (including phenoxy) is 1. The Morgan fingerprint density at radius 2 is 1.89 bits per heavy atom. The molecule has 10 heteroatoms. The minimum Gasteiger partial charge on any atom is -0.485 e. The molecule has 0 aliphatic heterocycles. The fourth-order valence-electron chi connectivity index (χ4n) is 4.27. The first-order chi connectivity index (χ1) is 18.0. The molecule has 5 rings (SSSR count). The van der Waals surface area contributed by atoms with Gasteiger partial charge in [-0.2, -0.15) is 0 Å². The summed E-state index contributed by atoms with van der Waals surface area (Å²) in [7, 11) is 0. The first kappa shape index (κ1) is 25.9. The first-order valence-electron chi connectivity index (χ1n) is 12.3. The summed E-state index contributed by atoms with van der Waals surface area (Å²) < 4.78 is 21.1. The lowest BCUT2D eigenvalue weighted by Gasteiger charge is -2.18. The molecule has 4 heterocycles. The molecule has 0 saturated heterocycles. The van der Waals surface area contributed by atoms with Crippen LogP contribution in [0.3, 0.4) is 0 Å². The van der Waals surface area contributed by atoms with Crippen molar-refractivity contribution in [2.75, 3.05) is 0 Å². The van der Waals surface area contributed by atoms with Crippen molar-refractivity contribution < 1.29 is 14.2 Å². The number of hydrogen-bond donors (Lipinski definition) is 1. The van der Waals surface area contributed by atoms with Crippen LogP contribution in [-0.4, -0.2) is 29.6 Å². The maximum Gasteiger partial charge on any atom is 0.277 e. The van der Waals surface area contributed by atoms with Crippen LogP contribution in [0.25, 0.3) is 17.1 Å². The van der Waals surface area contributed by atoms with Gasteiger partial charge < -0.3 is 9.84 Å². The van der Waals surface area contributed by atoms with E-state index in [-0.39, 0.29) is 29.0 Å². The second-order valence-electron chi connectivity index (χ2n) is 10.0. The third-order valence-corrected chi connectivity index (χ3v) is 6.78. The van der Waals surface area contributed by atoms with Crippen LogP contribution in [0.2, 0.25) is 5.02 Å². The number of rotatable bonds is 7. The molecule has 1 aliphatic carbocycles. The fraction of sp³-hybridized carbons (Fsp3) is 0.321. The molecule has 1 N–H and O–H groups in total. The van der Waals surface area contributed by atoms with Crippen molar-refractivity contribution in [1.29, 1.82) is 0 Å². The number of nitrogens with zero attached hydrogens (tertiary/aromatic N) is 5. The van der Waals surface area contributed by atoms with Gasteiger partial charge in [0.05, 0.1) is 29.0 Å². The van der Waals surface area contributed by atoms with E-state index in [2.05, 4.69) is 19.9 Å². The third-order valence-electron chi connectivity index (χ3n) is 6.43. The van der Waals surface area contributed by atoms with E-state index in [4.69, 9.17) is 16.3 Å². The molecule has 1 aliphatic rings. The van der Waals surface area contributed by atoms with Crippen molar-refractivity contribution in [3.05, 3.63) is 92.4 Å². The zero-order valence-electron chi connectivity index (χ0n) is 21.5. The second kappa shape index (κ2) is 9.89. The van der Waals surface area contributed by atoms with Gasteiger partial charge in [0, 0.05) is 24.2 Å². The average Bonchev–Trinajstić information content (AvgIpc) is 3.72. The molecule has 38 heavy (non-hydrogen) atoms. The second-order valence-corrected chi connectivity index (χ2v) is 10.4. The first-order valence-corrected chi connectivity index (χ1v) is 12.6. The molecule has 1 saturated carbocycles. The Hall–Kier alpha value is -3.69. The van der Waals surface area contributed by atoms with Crippen molar-refractivity contribution in [1.82, 2.24) is 24.5 Å². The maximum absolute atomic E-state index is 13.7. The highest BCUT2D eigenvalue weighted by molar-refractivity contribution is 6.31. The number of aromatic nitrogens is 5. The Bertz CT molecular complexity index is 1590. The quantitative estimate of drug-likeness (QED) is 0.348. The molecule has 8 nitrogen and oxygen atoms in total. The highest BCUT2D eigenvalue weighted by Crippen LogP contribution is 2.41. The van der Waals surface area contributed by atoms with E-state index in [0.717, 1.165) is 24.0 Å². The molecule has 0 radical (unpaired) electrons. The third kappa shape index (κ3) is 5.16. The summed E-state index contributed by atoms with van der Waals surface area (Å²) in [6.45, 7) is 6.91. The molecule has 0 atom stereocenters.